The molecule has 1 amide bonds. The van der Waals surface area contributed by atoms with Crippen LogP contribution in [0.2, 0.25) is 0 Å². The second-order valence-electron chi connectivity index (χ2n) is 2.84. The summed E-state index contributed by atoms with van der Waals surface area (Å²) in [4.78, 5) is 16.1. The van der Waals surface area contributed by atoms with Gasteiger partial charge in [-0.3, -0.25) is 9.63 Å². The summed E-state index contributed by atoms with van der Waals surface area (Å²) in [6, 6.07) is 4.95. The van der Waals surface area contributed by atoms with Gasteiger partial charge >= 0.3 is 0 Å². The minimum absolute atomic E-state index is 0.315. The summed E-state index contributed by atoms with van der Waals surface area (Å²) in [6.45, 7) is 3.05. The average molecular weight is 208 g/mol. The molecule has 1 rings (SSSR count). The maximum absolute atomic E-state index is 11.5. The Bertz CT molecular complexity index is 353. The largest absolute Gasteiger partial charge is 0.397 e. The molecule has 5 heteroatoms. The molecular formula is C10H14N3O2. The Morgan fingerprint density at radius 3 is 2.87 bits per heavy atom. The SMILES string of the molecule is C[CH]ONC(=O)c1ccc(N)c(NC)c1. The highest BCUT2D eigenvalue weighted by Crippen LogP contribution is 2.19. The molecule has 0 aromatic heterocycles. The summed E-state index contributed by atoms with van der Waals surface area (Å²) in [6.07, 6.45) is 0. The predicted molar refractivity (Wildman–Crippen MR) is 58.9 cm³/mol. The molecule has 0 saturated carbocycles. The quantitative estimate of drug-likeness (QED) is 0.512. The van der Waals surface area contributed by atoms with E-state index in [2.05, 4.69) is 15.6 Å². The van der Waals surface area contributed by atoms with Crippen molar-refractivity contribution in [3.63, 3.8) is 0 Å². The molecule has 0 aliphatic carbocycles. The monoisotopic (exact) mass is 208 g/mol. The van der Waals surface area contributed by atoms with Crippen LogP contribution in [0.3, 0.4) is 0 Å². The van der Waals surface area contributed by atoms with Crippen LogP contribution in [0.5, 0.6) is 0 Å². The van der Waals surface area contributed by atoms with E-state index in [0.717, 1.165) is 0 Å². The highest BCUT2D eigenvalue weighted by atomic mass is 16.6. The average Bonchev–Trinajstić information content (AvgIpc) is 2.26. The summed E-state index contributed by atoms with van der Waals surface area (Å²) in [5.41, 5.74) is 9.71. The van der Waals surface area contributed by atoms with Gasteiger partial charge in [-0.05, 0) is 25.1 Å². The van der Waals surface area contributed by atoms with Crippen LogP contribution in [0.1, 0.15) is 17.3 Å². The molecule has 0 fully saturated rings. The number of rotatable bonds is 4. The molecule has 15 heavy (non-hydrogen) atoms. The van der Waals surface area contributed by atoms with Crippen molar-refractivity contribution >= 4 is 17.3 Å². The molecule has 1 aromatic rings. The van der Waals surface area contributed by atoms with Gasteiger partial charge in [0.05, 0.1) is 11.4 Å². The lowest BCUT2D eigenvalue weighted by Crippen LogP contribution is -2.22. The summed E-state index contributed by atoms with van der Waals surface area (Å²) in [7, 11) is 1.74. The number of nitrogens with two attached hydrogens (primary N) is 1. The maximum atomic E-state index is 11.5. The van der Waals surface area contributed by atoms with Crippen LogP contribution in [0.25, 0.3) is 0 Å². The second kappa shape index (κ2) is 5.21. The topological polar surface area (TPSA) is 76.4 Å². The lowest BCUT2D eigenvalue weighted by Gasteiger charge is -2.08. The molecule has 0 atom stereocenters. The highest BCUT2D eigenvalue weighted by Gasteiger charge is 2.07. The van der Waals surface area contributed by atoms with Crippen molar-refractivity contribution in [3.05, 3.63) is 30.4 Å². The minimum Gasteiger partial charge on any atom is -0.397 e. The van der Waals surface area contributed by atoms with Crippen molar-refractivity contribution < 1.29 is 9.63 Å². The molecule has 0 spiro atoms. The van der Waals surface area contributed by atoms with Crippen LogP contribution < -0.4 is 16.5 Å². The van der Waals surface area contributed by atoms with Gasteiger partial charge in [0.25, 0.3) is 5.91 Å². The Kier molecular flexibility index (Phi) is 3.93. The Morgan fingerprint density at radius 1 is 1.53 bits per heavy atom. The highest BCUT2D eigenvalue weighted by molar-refractivity contribution is 5.95. The van der Waals surface area contributed by atoms with Crippen LogP contribution in [0.15, 0.2) is 18.2 Å². The Hall–Kier alpha value is -1.75. The van der Waals surface area contributed by atoms with Crippen LogP contribution >= 0.6 is 0 Å². The van der Waals surface area contributed by atoms with Crippen molar-refractivity contribution in [2.24, 2.45) is 0 Å². The number of hydrogen-bond donors (Lipinski definition) is 3. The van der Waals surface area contributed by atoms with Crippen LogP contribution in [-0.2, 0) is 4.84 Å². The lowest BCUT2D eigenvalue weighted by atomic mass is 10.1. The molecule has 0 bridgehead atoms. The van der Waals surface area contributed by atoms with Gasteiger partial charge in [-0.15, -0.1) is 0 Å². The molecule has 1 aromatic carbocycles. The van der Waals surface area contributed by atoms with Gasteiger partial charge in [0.2, 0.25) is 0 Å². The van der Waals surface area contributed by atoms with E-state index in [1.165, 1.54) is 6.61 Å². The zero-order valence-electron chi connectivity index (χ0n) is 8.70. The summed E-state index contributed by atoms with van der Waals surface area (Å²) in [5, 5.41) is 2.89. The first-order chi connectivity index (χ1) is 7.19. The number of hydroxylamine groups is 1. The number of nitrogen functional groups attached to an aromatic ring is 1. The molecule has 0 heterocycles. The Balaban J connectivity index is 2.81. The van der Waals surface area contributed by atoms with Crippen LogP contribution in [0.4, 0.5) is 11.4 Å². The van der Waals surface area contributed by atoms with Gasteiger partial charge in [-0.25, -0.2) is 5.48 Å². The van der Waals surface area contributed by atoms with Gasteiger partial charge in [-0.2, -0.15) is 0 Å². The van der Waals surface area contributed by atoms with E-state index in [0.29, 0.717) is 16.9 Å². The minimum atomic E-state index is -0.315. The number of amides is 1. The van der Waals surface area contributed by atoms with E-state index in [1.807, 2.05) is 0 Å². The van der Waals surface area contributed by atoms with E-state index >= 15 is 0 Å². The number of hydrogen-bond acceptors (Lipinski definition) is 4. The fourth-order valence-electron chi connectivity index (χ4n) is 1.09. The first-order valence-corrected chi connectivity index (χ1v) is 4.50. The molecule has 0 aliphatic rings. The van der Waals surface area contributed by atoms with Crippen LogP contribution in [0, 0.1) is 6.61 Å². The summed E-state index contributed by atoms with van der Waals surface area (Å²) >= 11 is 0. The first-order valence-electron chi connectivity index (χ1n) is 4.50. The first kappa shape index (κ1) is 11.3. The number of benzene rings is 1. The third kappa shape index (κ3) is 2.85. The molecule has 0 unspecified atom stereocenters. The molecular weight excluding hydrogens is 194 g/mol. The molecule has 81 valence electrons. The molecule has 5 nitrogen and oxygen atoms in total. The van der Waals surface area contributed by atoms with Crippen molar-refractivity contribution in [2.45, 2.75) is 6.92 Å². The van der Waals surface area contributed by atoms with Gasteiger partial charge in [0, 0.05) is 12.6 Å². The van der Waals surface area contributed by atoms with Gasteiger partial charge in [0.1, 0.15) is 6.61 Å². The Morgan fingerprint density at radius 2 is 2.27 bits per heavy atom. The van der Waals surface area contributed by atoms with Crippen molar-refractivity contribution in [1.82, 2.24) is 5.48 Å². The smallest absolute Gasteiger partial charge is 0.274 e. The maximum Gasteiger partial charge on any atom is 0.274 e. The fraction of sp³-hybridized carbons (Fsp3) is 0.200. The van der Waals surface area contributed by atoms with Crippen molar-refractivity contribution in [1.29, 1.82) is 0 Å². The number of carbonyl (C=O) groups excluding carboxylic acids is 1. The third-order valence-corrected chi connectivity index (χ3v) is 1.85. The zero-order valence-corrected chi connectivity index (χ0v) is 8.70. The standard InChI is InChI=1S/C10H14N3O2/c1-3-15-13-10(14)7-4-5-8(11)9(6-7)12-2/h3-6,12H,11H2,1-2H3,(H,13,14). The number of anilines is 2. The predicted octanol–water partition coefficient (Wildman–Crippen LogP) is 1.15. The second-order valence-corrected chi connectivity index (χ2v) is 2.84. The van der Waals surface area contributed by atoms with E-state index in [-0.39, 0.29) is 5.91 Å². The van der Waals surface area contributed by atoms with E-state index < -0.39 is 0 Å². The van der Waals surface area contributed by atoms with Gasteiger partial charge in [-0.1, -0.05) is 0 Å². The normalized spacial score (nSPS) is 9.73. The fourth-order valence-corrected chi connectivity index (χ4v) is 1.09. The molecule has 4 N–H and O–H groups in total. The molecule has 0 saturated heterocycles. The third-order valence-electron chi connectivity index (χ3n) is 1.85. The number of nitrogens with one attached hydrogen (secondary N) is 2. The summed E-state index contributed by atoms with van der Waals surface area (Å²) < 4.78 is 0. The molecule has 1 radical (unpaired) electrons. The van der Waals surface area contributed by atoms with E-state index in [1.54, 1.807) is 32.2 Å². The number of carbonyl (C=O) groups is 1. The Labute approximate surface area is 88.6 Å². The summed E-state index contributed by atoms with van der Waals surface area (Å²) in [5.74, 6) is -0.315. The van der Waals surface area contributed by atoms with E-state index in [9.17, 15) is 4.79 Å². The molecule has 0 aliphatic heterocycles. The van der Waals surface area contributed by atoms with Crippen molar-refractivity contribution in [2.75, 3.05) is 18.1 Å². The van der Waals surface area contributed by atoms with Crippen molar-refractivity contribution in [3.8, 4) is 0 Å². The zero-order chi connectivity index (χ0) is 11.3. The lowest BCUT2D eigenvalue weighted by molar-refractivity contribution is 0.0559. The van der Waals surface area contributed by atoms with Crippen LogP contribution in [-0.4, -0.2) is 13.0 Å². The van der Waals surface area contributed by atoms with E-state index in [4.69, 9.17) is 5.73 Å². The van der Waals surface area contributed by atoms with Gasteiger partial charge < -0.3 is 11.1 Å². The van der Waals surface area contributed by atoms with Gasteiger partial charge in [0.15, 0.2) is 0 Å².